The van der Waals surface area contributed by atoms with Gasteiger partial charge in [0.1, 0.15) is 11.0 Å². The van der Waals surface area contributed by atoms with Gasteiger partial charge in [-0.3, -0.25) is 4.79 Å². The third kappa shape index (κ3) is 3.29. The van der Waals surface area contributed by atoms with E-state index in [1.54, 1.807) is 32.0 Å². The van der Waals surface area contributed by atoms with E-state index in [1.165, 1.54) is 12.1 Å². The zero-order chi connectivity index (χ0) is 14.0. The van der Waals surface area contributed by atoms with Crippen LogP contribution in [0.3, 0.4) is 0 Å². The van der Waals surface area contributed by atoms with Crippen molar-refractivity contribution in [1.82, 2.24) is 4.98 Å². The van der Waals surface area contributed by atoms with Crippen LogP contribution < -0.4 is 5.32 Å². The number of carbonyl (C=O) groups is 1. The van der Waals surface area contributed by atoms with Crippen LogP contribution in [0.5, 0.6) is 0 Å². The maximum Gasteiger partial charge on any atom is 0.255 e. The van der Waals surface area contributed by atoms with Crippen LogP contribution in [-0.2, 0) is 0 Å². The fourth-order valence-electron chi connectivity index (χ4n) is 1.72. The first-order valence-corrected chi connectivity index (χ1v) is 6.05. The summed E-state index contributed by atoms with van der Waals surface area (Å²) < 4.78 is 13.2. The standard InChI is InChI=1S/C14H12ClFN2O/c1-8-5-10(7-11(16)6-8)14(19)18-12-3-4-13(15)17-9(12)2/h3-7H,1-2H3,(H,18,19). The van der Waals surface area contributed by atoms with Crippen LogP contribution >= 0.6 is 11.6 Å². The molecule has 1 amide bonds. The van der Waals surface area contributed by atoms with Gasteiger partial charge in [0.15, 0.2) is 0 Å². The van der Waals surface area contributed by atoms with Crippen LogP contribution in [-0.4, -0.2) is 10.9 Å². The van der Waals surface area contributed by atoms with Gasteiger partial charge in [0, 0.05) is 5.56 Å². The van der Waals surface area contributed by atoms with Gasteiger partial charge in [-0.1, -0.05) is 11.6 Å². The van der Waals surface area contributed by atoms with E-state index in [2.05, 4.69) is 10.3 Å². The molecule has 0 aliphatic rings. The van der Waals surface area contributed by atoms with Crippen molar-refractivity contribution in [2.75, 3.05) is 5.32 Å². The predicted octanol–water partition coefficient (Wildman–Crippen LogP) is 3.74. The highest BCUT2D eigenvalue weighted by molar-refractivity contribution is 6.29. The monoisotopic (exact) mass is 278 g/mol. The average molecular weight is 279 g/mol. The number of rotatable bonds is 2. The molecule has 1 N–H and O–H groups in total. The summed E-state index contributed by atoms with van der Waals surface area (Å²) in [5.74, 6) is -0.814. The fraction of sp³-hybridized carbons (Fsp3) is 0.143. The number of amides is 1. The average Bonchev–Trinajstić information content (AvgIpc) is 2.31. The molecule has 0 unspecified atom stereocenters. The molecule has 0 radical (unpaired) electrons. The fourth-order valence-corrected chi connectivity index (χ4v) is 1.91. The molecule has 3 nitrogen and oxygen atoms in total. The highest BCUT2D eigenvalue weighted by atomic mass is 35.5. The second-order valence-corrected chi connectivity index (χ2v) is 4.63. The summed E-state index contributed by atoms with van der Waals surface area (Å²) in [4.78, 5) is 16.0. The Balaban J connectivity index is 2.25. The molecule has 0 saturated carbocycles. The summed E-state index contributed by atoms with van der Waals surface area (Å²) in [6, 6.07) is 7.43. The number of aryl methyl sites for hydroxylation is 2. The molecule has 1 aromatic carbocycles. The number of nitrogens with zero attached hydrogens (tertiary/aromatic N) is 1. The van der Waals surface area contributed by atoms with Crippen LogP contribution in [0.1, 0.15) is 21.6 Å². The van der Waals surface area contributed by atoms with Crippen LogP contribution in [0, 0.1) is 19.7 Å². The van der Waals surface area contributed by atoms with Gasteiger partial charge in [-0.2, -0.15) is 0 Å². The molecule has 1 aromatic heterocycles. The number of nitrogens with one attached hydrogen (secondary N) is 1. The Kier molecular flexibility index (Phi) is 3.81. The molecule has 0 aliphatic heterocycles. The maximum atomic E-state index is 13.2. The molecule has 19 heavy (non-hydrogen) atoms. The van der Waals surface area contributed by atoms with Gasteiger partial charge in [-0.15, -0.1) is 0 Å². The maximum absolute atomic E-state index is 13.2. The number of aromatic nitrogens is 1. The van der Waals surface area contributed by atoms with Gasteiger partial charge >= 0.3 is 0 Å². The molecular weight excluding hydrogens is 267 g/mol. The molecule has 2 rings (SSSR count). The van der Waals surface area contributed by atoms with E-state index in [0.717, 1.165) is 0 Å². The molecule has 0 aliphatic carbocycles. The molecule has 0 bridgehead atoms. The van der Waals surface area contributed by atoms with Crippen molar-refractivity contribution in [1.29, 1.82) is 0 Å². The van der Waals surface area contributed by atoms with Gasteiger partial charge in [0.25, 0.3) is 5.91 Å². The molecule has 0 saturated heterocycles. The van der Waals surface area contributed by atoms with Crippen LogP contribution in [0.4, 0.5) is 10.1 Å². The van der Waals surface area contributed by atoms with Crippen molar-refractivity contribution >= 4 is 23.2 Å². The summed E-state index contributed by atoms with van der Waals surface area (Å²) in [7, 11) is 0. The number of benzene rings is 1. The summed E-state index contributed by atoms with van der Waals surface area (Å²) in [5, 5.41) is 3.04. The SMILES string of the molecule is Cc1cc(F)cc(C(=O)Nc2ccc(Cl)nc2C)c1. The molecule has 1 heterocycles. The van der Waals surface area contributed by atoms with Gasteiger partial charge in [-0.25, -0.2) is 9.37 Å². The lowest BCUT2D eigenvalue weighted by molar-refractivity contribution is 0.102. The van der Waals surface area contributed by atoms with E-state index < -0.39 is 5.82 Å². The smallest absolute Gasteiger partial charge is 0.255 e. The molecule has 5 heteroatoms. The molecule has 0 atom stereocenters. The largest absolute Gasteiger partial charge is 0.320 e. The molecule has 0 fully saturated rings. The third-order valence-electron chi connectivity index (χ3n) is 2.60. The van der Waals surface area contributed by atoms with Crippen LogP contribution in [0.25, 0.3) is 0 Å². The van der Waals surface area contributed by atoms with E-state index >= 15 is 0 Å². The van der Waals surface area contributed by atoms with Crippen molar-refractivity contribution in [2.45, 2.75) is 13.8 Å². The second kappa shape index (κ2) is 5.36. The number of halogens is 2. The van der Waals surface area contributed by atoms with E-state index in [0.29, 0.717) is 22.1 Å². The second-order valence-electron chi connectivity index (χ2n) is 4.24. The minimum Gasteiger partial charge on any atom is -0.320 e. The lowest BCUT2D eigenvalue weighted by Gasteiger charge is -2.08. The van der Waals surface area contributed by atoms with Crippen molar-refractivity contribution in [2.24, 2.45) is 0 Å². The van der Waals surface area contributed by atoms with Crippen molar-refractivity contribution in [3.63, 3.8) is 0 Å². The first kappa shape index (κ1) is 13.5. The van der Waals surface area contributed by atoms with Crippen molar-refractivity contribution < 1.29 is 9.18 Å². The minimum absolute atomic E-state index is 0.270. The van der Waals surface area contributed by atoms with Crippen LogP contribution in [0.2, 0.25) is 5.15 Å². The topological polar surface area (TPSA) is 42.0 Å². The highest BCUT2D eigenvalue weighted by Gasteiger charge is 2.10. The Morgan fingerprint density at radius 1 is 1.26 bits per heavy atom. The molecule has 2 aromatic rings. The number of hydrogen-bond acceptors (Lipinski definition) is 2. The summed E-state index contributed by atoms with van der Waals surface area (Å²) in [6.07, 6.45) is 0. The van der Waals surface area contributed by atoms with Gasteiger partial charge in [-0.05, 0) is 49.7 Å². The highest BCUT2D eigenvalue weighted by Crippen LogP contribution is 2.17. The number of carbonyl (C=O) groups excluding carboxylic acids is 1. The van der Waals surface area contributed by atoms with Gasteiger partial charge in [0.05, 0.1) is 11.4 Å². The lowest BCUT2D eigenvalue weighted by atomic mass is 10.1. The van der Waals surface area contributed by atoms with Crippen molar-refractivity contribution in [3.05, 3.63) is 58.1 Å². The van der Waals surface area contributed by atoms with E-state index in [1.807, 2.05) is 0 Å². The first-order valence-electron chi connectivity index (χ1n) is 5.67. The Hall–Kier alpha value is -1.94. The number of anilines is 1. The number of hydrogen-bond donors (Lipinski definition) is 1. The van der Waals surface area contributed by atoms with E-state index in [4.69, 9.17) is 11.6 Å². The van der Waals surface area contributed by atoms with Gasteiger partial charge in [0.2, 0.25) is 0 Å². The lowest BCUT2D eigenvalue weighted by Crippen LogP contribution is -2.13. The summed E-state index contributed by atoms with van der Waals surface area (Å²) >= 11 is 5.74. The molecular formula is C14H12ClFN2O. The Morgan fingerprint density at radius 3 is 2.63 bits per heavy atom. The number of pyridine rings is 1. The molecule has 98 valence electrons. The molecule has 0 spiro atoms. The first-order chi connectivity index (χ1) is 8.95. The minimum atomic E-state index is -0.434. The normalized spacial score (nSPS) is 10.3. The third-order valence-corrected chi connectivity index (χ3v) is 2.81. The quantitative estimate of drug-likeness (QED) is 0.850. The summed E-state index contributed by atoms with van der Waals surface area (Å²) in [6.45, 7) is 3.47. The Labute approximate surface area is 115 Å². The van der Waals surface area contributed by atoms with E-state index in [9.17, 15) is 9.18 Å². The predicted molar refractivity (Wildman–Crippen MR) is 73.1 cm³/mol. The van der Waals surface area contributed by atoms with Crippen LogP contribution in [0.15, 0.2) is 30.3 Å². The van der Waals surface area contributed by atoms with E-state index in [-0.39, 0.29) is 11.5 Å². The zero-order valence-corrected chi connectivity index (χ0v) is 11.3. The van der Waals surface area contributed by atoms with Gasteiger partial charge < -0.3 is 5.32 Å². The Bertz CT molecular complexity index is 623. The summed E-state index contributed by atoms with van der Waals surface area (Å²) in [5.41, 5.74) is 2.12. The Morgan fingerprint density at radius 2 is 2.00 bits per heavy atom. The van der Waals surface area contributed by atoms with Crippen molar-refractivity contribution in [3.8, 4) is 0 Å². The zero-order valence-electron chi connectivity index (χ0n) is 10.5.